The van der Waals surface area contributed by atoms with Crippen molar-refractivity contribution >= 4 is 17.5 Å². The van der Waals surface area contributed by atoms with Crippen LogP contribution in [0.1, 0.15) is 40.0 Å². The summed E-state index contributed by atoms with van der Waals surface area (Å²) >= 11 is 6.11. The molecule has 1 aliphatic rings. The average molecular weight is 349 g/mol. The highest BCUT2D eigenvalue weighted by atomic mass is 35.5. The van der Waals surface area contributed by atoms with Crippen LogP contribution in [-0.4, -0.2) is 29.1 Å². The molecular weight excluding hydrogens is 331 g/mol. The minimum Gasteiger partial charge on any atom is -0.491 e. The lowest BCUT2D eigenvalue weighted by molar-refractivity contribution is 0.0716. The van der Waals surface area contributed by atoms with Gasteiger partial charge in [0.25, 0.3) is 5.91 Å². The second-order valence-corrected chi connectivity index (χ2v) is 6.16. The third-order valence-electron chi connectivity index (χ3n) is 4.31. The third kappa shape index (κ3) is 2.96. The van der Waals surface area contributed by atoms with Crippen LogP contribution in [0.4, 0.5) is 4.39 Å². The van der Waals surface area contributed by atoms with E-state index in [0.717, 1.165) is 16.7 Å². The van der Waals surface area contributed by atoms with Crippen LogP contribution in [0.5, 0.6) is 5.75 Å². The second kappa shape index (κ2) is 6.77. The number of pyridine rings is 1. The molecule has 1 atom stereocenters. The summed E-state index contributed by atoms with van der Waals surface area (Å²) in [7, 11) is 0. The first-order valence-electron chi connectivity index (χ1n) is 7.76. The summed E-state index contributed by atoms with van der Waals surface area (Å²) in [5, 5.41) is 0.377. The van der Waals surface area contributed by atoms with Crippen molar-refractivity contribution < 1.29 is 13.9 Å². The van der Waals surface area contributed by atoms with Gasteiger partial charge in [0, 0.05) is 17.3 Å². The van der Waals surface area contributed by atoms with Gasteiger partial charge in [-0.25, -0.2) is 9.37 Å². The lowest BCUT2D eigenvalue weighted by atomic mass is 10.0. The summed E-state index contributed by atoms with van der Waals surface area (Å²) in [6, 6.07) is 7.28. The lowest BCUT2D eigenvalue weighted by Gasteiger charge is -2.25. The zero-order valence-corrected chi connectivity index (χ0v) is 14.3. The highest BCUT2D eigenvalue weighted by molar-refractivity contribution is 6.30. The van der Waals surface area contributed by atoms with Gasteiger partial charge in [0.05, 0.1) is 12.6 Å². The Kier molecular flexibility index (Phi) is 4.71. The van der Waals surface area contributed by atoms with E-state index in [2.05, 4.69) is 4.98 Å². The van der Waals surface area contributed by atoms with E-state index in [0.29, 0.717) is 23.0 Å². The molecule has 1 aromatic carbocycles. The third-order valence-corrected chi connectivity index (χ3v) is 4.63. The number of benzene rings is 1. The first kappa shape index (κ1) is 16.7. The minimum absolute atomic E-state index is 0.0428. The zero-order chi connectivity index (χ0) is 17.3. The van der Waals surface area contributed by atoms with Crippen LogP contribution in [0.25, 0.3) is 0 Å². The van der Waals surface area contributed by atoms with Gasteiger partial charge in [0.1, 0.15) is 24.2 Å². The number of carbonyl (C=O) groups is 1. The molecule has 0 saturated heterocycles. The van der Waals surface area contributed by atoms with Gasteiger partial charge >= 0.3 is 0 Å². The largest absolute Gasteiger partial charge is 0.491 e. The standard InChI is InChI=1S/C18H18ClFN2O2/c1-11-9-13(3-4-16(11)24-8-6-20)12(2)22-10-15-14(18(22)23)5-7-21-17(15)19/h3-5,7,9,12H,6,8,10H2,1-2H3. The van der Waals surface area contributed by atoms with E-state index in [-0.39, 0.29) is 18.6 Å². The van der Waals surface area contributed by atoms with E-state index >= 15 is 0 Å². The minimum atomic E-state index is -0.521. The molecular formula is C18H18ClFN2O2. The van der Waals surface area contributed by atoms with Crippen molar-refractivity contribution in [2.24, 2.45) is 0 Å². The Morgan fingerprint density at radius 1 is 1.42 bits per heavy atom. The monoisotopic (exact) mass is 348 g/mol. The van der Waals surface area contributed by atoms with Crippen LogP contribution in [-0.2, 0) is 6.54 Å². The number of rotatable bonds is 5. The highest BCUT2D eigenvalue weighted by Crippen LogP contribution is 2.34. The van der Waals surface area contributed by atoms with Crippen molar-refractivity contribution in [1.82, 2.24) is 9.88 Å². The first-order chi connectivity index (χ1) is 11.5. The number of hydrogen-bond donors (Lipinski definition) is 0. The molecule has 1 aliphatic heterocycles. The number of halogens is 2. The molecule has 0 N–H and O–H groups in total. The molecule has 0 fully saturated rings. The van der Waals surface area contributed by atoms with Crippen LogP contribution >= 0.6 is 11.6 Å². The van der Waals surface area contributed by atoms with Gasteiger partial charge in [-0.05, 0) is 37.1 Å². The van der Waals surface area contributed by atoms with Gasteiger partial charge in [0.15, 0.2) is 0 Å². The Balaban J connectivity index is 1.83. The molecule has 4 nitrogen and oxygen atoms in total. The zero-order valence-electron chi connectivity index (χ0n) is 13.6. The maximum atomic E-state index is 12.6. The maximum absolute atomic E-state index is 12.6. The predicted octanol–water partition coefficient (Wildman–Crippen LogP) is 4.11. The first-order valence-corrected chi connectivity index (χ1v) is 8.14. The van der Waals surface area contributed by atoms with Gasteiger partial charge in [-0.1, -0.05) is 23.7 Å². The Morgan fingerprint density at radius 2 is 2.21 bits per heavy atom. The molecule has 6 heteroatoms. The number of ether oxygens (including phenoxy) is 1. The molecule has 24 heavy (non-hydrogen) atoms. The van der Waals surface area contributed by atoms with E-state index in [9.17, 15) is 9.18 Å². The number of hydrogen-bond acceptors (Lipinski definition) is 3. The Hall–Kier alpha value is -2.14. The van der Waals surface area contributed by atoms with Crippen molar-refractivity contribution in [3.8, 4) is 5.75 Å². The predicted molar refractivity (Wildman–Crippen MR) is 90.2 cm³/mol. The average Bonchev–Trinajstić information content (AvgIpc) is 2.91. The van der Waals surface area contributed by atoms with Crippen molar-refractivity contribution in [3.63, 3.8) is 0 Å². The molecule has 1 amide bonds. The van der Waals surface area contributed by atoms with Gasteiger partial charge in [-0.15, -0.1) is 0 Å². The molecule has 0 spiro atoms. The molecule has 126 valence electrons. The molecule has 0 saturated carbocycles. The van der Waals surface area contributed by atoms with Crippen LogP contribution in [0, 0.1) is 6.92 Å². The number of fused-ring (bicyclic) bond motifs is 1. The second-order valence-electron chi connectivity index (χ2n) is 5.80. The lowest BCUT2D eigenvalue weighted by Crippen LogP contribution is -2.27. The fourth-order valence-electron chi connectivity index (χ4n) is 2.95. The molecule has 3 rings (SSSR count). The molecule has 0 bridgehead atoms. The molecule has 2 heterocycles. The smallest absolute Gasteiger partial charge is 0.255 e. The Labute approximate surface area is 145 Å². The van der Waals surface area contributed by atoms with Crippen LogP contribution in [0.3, 0.4) is 0 Å². The molecule has 1 unspecified atom stereocenters. The van der Waals surface area contributed by atoms with Gasteiger partial charge in [0.2, 0.25) is 0 Å². The summed E-state index contributed by atoms with van der Waals surface area (Å²) in [6.45, 7) is 3.85. The van der Waals surface area contributed by atoms with Gasteiger partial charge < -0.3 is 9.64 Å². The number of aryl methyl sites for hydroxylation is 1. The number of amides is 1. The van der Waals surface area contributed by atoms with E-state index in [1.54, 1.807) is 17.2 Å². The summed E-state index contributed by atoms with van der Waals surface area (Å²) in [5.41, 5.74) is 3.29. The number of alkyl halides is 1. The van der Waals surface area contributed by atoms with Crippen LogP contribution < -0.4 is 4.74 Å². The normalized spacial score (nSPS) is 14.7. The Morgan fingerprint density at radius 3 is 2.88 bits per heavy atom. The van der Waals surface area contributed by atoms with E-state index < -0.39 is 6.67 Å². The molecule has 0 aliphatic carbocycles. The fourth-order valence-corrected chi connectivity index (χ4v) is 3.17. The highest BCUT2D eigenvalue weighted by Gasteiger charge is 2.33. The Bertz CT molecular complexity index is 782. The summed E-state index contributed by atoms with van der Waals surface area (Å²) in [4.78, 5) is 18.4. The SMILES string of the molecule is Cc1cc(C(C)N2Cc3c(ccnc3Cl)C2=O)ccc1OCCF. The number of nitrogens with zero attached hydrogens (tertiary/aromatic N) is 2. The maximum Gasteiger partial charge on any atom is 0.255 e. The van der Waals surface area contributed by atoms with E-state index in [4.69, 9.17) is 16.3 Å². The van der Waals surface area contributed by atoms with Crippen LogP contribution in [0.15, 0.2) is 30.5 Å². The fraction of sp³-hybridized carbons (Fsp3) is 0.333. The van der Waals surface area contributed by atoms with Crippen molar-refractivity contribution in [3.05, 3.63) is 57.9 Å². The van der Waals surface area contributed by atoms with Gasteiger partial charge in [-0.3, -0.25) is 4.79 Å². The van der Waals surface area contributed by atoms with Crippen LogP contribution in [0.2, 0.25) is 5.15 Å². The quantitative estimate of drug-likeness (QED) is 0.764. The topological polar surface area (TPSA) is 42.4 Å². The van der Waals surface area contributed by atoms with E-state index in [1.165, 1.54) is 0 Å². The van der Waals surface area contributed by atoms with Crippen molar-refractivity contribution in [2.75, 3.05) is 13.3 Å². The molecule has 2 aromatic rings. The summed E-state index contributed by atoms with van der Waals surface area (Å²) < 4.78 is 17.6. The van der Waals surface area contributed by atoms with Gasteiger partial charge in [-0.2, -0.15) is 0 Å². The summed E-state index contributed by atoms with van der Waals surface area (Å²) in [6.07, 6.45) is 1.55. The number of carbonyl (C=O) groups excluding carboxylic acids is 1. The number of aromatic nitrogens is 1. The van der Waals surface area contributed by atoms with E-state index in [1.807, 2.05) is 32.0 Å². The molecule has 0 radical (unpaired) electrons. The van der Waals surface area contributed by atoms with Crippen molar-refractivity contribution in [2.45, 2.75) is 26.4 Å². The summed E-state index contributed by atoms with van der Waals surface area (Å²) in [5.74, 6) is 0.615. The van der Waals surface area contributed by atoms with Crippen molar-refractivity contribution in [1.29, 1.82) is 0 Å². The molecule has 1 aromatic heterocycles.